The molecule has 2 aliphatic rings. The molecule has 0 fully saturated rings. The first kappa shape index (κ1) is 7.06. The number of pyridine rings is 1. The second kappa shape index (κ2) is 2.79. The molecule has 11 heavy (non-hydrogen) atoms. The summed E-state index contributed by atoms with van der Waals surface area (Å²) in [5, 5.41) is 0. The van der Waals surface area contributed by atoms with E-state index in [2.05, 4.69) is 16.6 Å². The Balaban J connectivity index is 2.66. The first-order chi connectivity index (χ1) is 5.42. The summed E-state index contributed by atoms with van der Waals surface area (Å²) in [5.74, 6) is 0. The molecule has 0 saturated carbocycles. The van der Waals surface area contributed by atoms with Crippen molar-refractivity contribution in [2.45, 2.75) is 0 Å². The molecule has 0 amide bonds. The van der Waals surface area contributed by atoms with Crippen LogP contribution in [0.4, 0.5) is 0 Å². The van der Waals surface area contributed by atoms with Gasteiger partial charge in [-0.2, -0.15) is 0 Å². The SMILES string of the molecule is SSn1cccc2nccc1-2. The highest BCUT2D eigenvalue weighted by Gasteiger charge is 2.05. The monoisotopic (exact) mass is 182 g/mol. The summed E-state index contributed by atoms with van der Waals surface area (Å²) in [6, 6.07) is 5.91. The number of aromatic nitrogens is 2. The van der Waals surface area contributed by atoms with Gasteiger partial charge in [-0.05, 0) is 18.2 Å². The van der Waals surface area contributed by atoms with Crippen LogP contribution in [0.25, 0.3) is 11.4 Å². The molecular formula is C7H6N2S2. The van der Waals surface area contributed by atoms with Crippen molar-refractivity contribution < 1.29 is 0 Å². The molecule has 0 aromatic carbocycles. The van der Waals surface area contributed by atoms with Gasteiger partial charge < -0.3 is 0 Å². The number of hydrogen-bond donors (Lipinski definition) is 1. The maximum atomic E-state index is 4.16. The lowest BCUT2D eigenvalue weighted by atomic mass is 10.3. The van der Waals surface area contributed by atoms with E-state index in [-0.39, 0.29) is 0 Å². The molecule has 56 valence electrons. The summed E-state index contributed by atoms with van der Waals surface area (Å²) in [6.45, 7) is 0. The summed E-state index contributed by atoms with van der Waals surface area (Å²) in [7, 11) is 1.37. The van der Waals surface area contributed by atoms with Crippen molar-refractivity contribution in [3.8, 4) is 11.4 Å². The second-order valence-electron chi connectivity index (χ2n) is 2.13. The molecule has 0 aliphatic carbocycles. The summed E-state index contributed by atoms with van der Waals surface area (Å²) in [5.41, 5.74) is 2.11. The molecule has 0 radical (unpaired) electrons. The summed E-state index contributed by atoms with van der Waals surface area (Å²) in [4.78, 5) is 4.16. The Morgan fingerprint density at radius 3 is 3.18 bits per heavy atom. The quantitative estimate of drug-likeness (QED) is 0.539. The van der Waals surface area contributed by atoms with Crippen LogP contribution in [0.5, 0.6) is 0 Å². The molecular weight excluding hydrogens is 176 g/mol. The molecule has 2 aliphatic heterocycles. The first-order valence-electron chi connectivity index (χ1n) is 3.16. The minimum absolute atomic E-state index is 1.01. The topological polar surface area (TPSA) is 17.8 Å². The zero-order chi connectivity index (χ0) is 7.68. The molecule has 0 aromatic heterocycles. The predicted molar refractivity (Wildman–Crippen MR) is 50.8 cm³/mol. The van der Waals surface area contributed by atoms with Crippen molar-refractivity contribution in [1.29, 1.82) is 0 Å². The van der Waals surface area contributed by atoms with Gasteiger partial charge in [-0.25, -0.2) is 0 Å². The lowest BCUT2D eigenvalue weighted by Gasteiger charge is -2.05. The molecule has 0 bridgehead atoms. The zero-order valence-electron chi connectivity index (χ0n) is 5.64. The van der Waals surface area contributed by atoms with E-state index in [1.165, 1.54) is 11.0 Å². The molecule has 2 nitrogen and oxygen atoms in total. The highest BCUT2D eigenvalue weighted by atomic mass is 33.1. The maximum absolute atomic E-state index is 4.16. The van der Waals surface area contributed by atoms with Crippen molar-refractivity contribution in [1.82, 2.24) is 8.96 Å². The normalized spacial score (nSPS) is 10.6. The Kier molecular flexibility index (Phi) is 1.79. The maximum Gasteiger partial charge on any atom is 0.0876 e. The van der Waals surface area contributed by atoms with Gasteiger partial charge in [0.25, 0.3) is 0 Å². The van der Waals surface area contributed by atoms with E-state index in [4.69, 9.17) is 0 Å². The van der Waals surface area contributed by atoms with E-state index in [1.54, 1.807) is 6.20 Å². The standard InChI is InChI=1S/C7H6N2S2/c10-11-9-5-1-2-6-7(9)3-4-8-6/h1-5,10H. The Labute approximate surface area is 73.9 Å². The second-order valence-corrected chi connectivity index (χ2v) is 3.18. The van der Waals surface area contributed by atoms with Crippen molar-refractivity contribution in [2.24, 2.45) is 0 Å². The number of hydrogen-bond acceptors (Lipinski definition) is 3. The van der Waals surface area contributed by atoms with Crippen molar-refractivity contribution in [3.05, 3.63) is 30.6 Å². The van der Waals surface area contributed by atoms with Gasteiger partial charge in [0.2, 0.25) is 0 Å². The molecule has 0 N–H and O–H groups in total. The Bertz CT molecular complexity index is 331. The molecule has 2 heterocycles. The van der Waals surface area contributed by atoms with Gasteiger partial charge in [0, 0.05) is 23.4 Å². The van der Waals surface area contributed by atoms with Crippen LogP contribution in [0.3, 0.4) is 0 Å². The molecule has 4 heteroatoms. The molecule has 0 unspecified atom stereocenters. The van der Waals surface area contributed by atoms with E-state index in [0.717, 1.165) is 11.4 Å². The van der Waals surface area contributed by atoms with Gasteiger partial charge in [0.1, 0.15) is 0 Å². The van der Waals surface area contributed by atoms with Crippen LogP contribution in [-0.4, -0.2) is 8.96 Å². The van der Waals surface area contributed by atoms with Crippen LogP contribution < -0.4 is 0 Å². The third-order valence-corrected chi connectivity index (χ3v) is 2.53. The zero-order valence-corrected chi connectivity index (χ0v) is 7.35. The summed E-state index contributed by atoms with van der Waals surface area (Å²) >= 11 is 4.11. The van der Waals surface area contributed by atoms with Gasteiger partial charge >= 0.3 is 0 Å². The number of rotatable bonds is 1. The van der Waals surface area contributed by atoms with E-state index >= 15 is 0 Å². The van der Waals surface area contributed by atoms with E-state index in [9.17, 15) is 0 Å². The highest BCUT2D eigenvalue weighted by molar-refractivity contribution is 8.68. The van der Waals surface area contributed by atoms with Crippen molar-refractivity contribution in [3.63, 3.8) is 0 Å². The van der Waals surface area contributed by atoms with Crippen LogP contribution in [0.1, 0.15) is 0 Å². The number of nitrogens with zero attached hydrogens (tertiary/aromatic N) is 2. The van der Waals surface area contributed by atoms with Crippen LogP contribution in [0, 0.1) is 0 Å². The fraction of sp³-hybridized carbons (Fsp3) is 0. The largest absolute Gasteiger partial charge is 0.281 e. The Hall–Kier alpha value is -0.610. The summed E-state index contributed by atoms with van der Waals surface area (Å²) < 4.78 is 1.96. The third-order valence-electron chi connectivity index (χ3n) is 1.51. The average molecular weight is 182 g/mol. The van der Waals surface area contributed by atoms with Crippen LogP contribution in [0.15, 0.2) is 30.6 Å². The number of fused-ring (bicyclic) bond motifs is 1. The fourth-order valence-corrected chi connectivity index (χ4v) is 1.81. The molecule has 0 saturated heterocycles. The van der Waals surface area contributed by atoms with E-state index < -0.39 is 0 Å². The lowest BCUT2D eigenvalue weighted by molar-refractivity contribution is 1.23. The van der Waals surface area contributed by atoms with Gasteiger partial charge in [-0.1, -0.05) is 11.7 Å². The predicted octanol–water partition coefficient (Wildman–Crippen LogP) is 2.33. The molecule has 0 atom stereocenters. The van der Waals surface area contributed by atoms with Gasteiger partial charge in [-0.15, -0.1) is 0 Å². The fourth-order valence-electron chi connectivity index (χ4n) is 1.02. The van der Waals surface area contributed by atoms with Gasteiger partial charge in [0.15, 0.2) is 0 Å². The molecule has 0 aromatic rings. The van der Waals surface area contributed by atoms with Crippen LogP contribution >= 0.6 is 22.6 Å². The van der Waals surface area contributed by atoms with Gasteiger partial charge in [-0.3, -0.25) is 8.96 Å². The Morgan fingerprint density at radius 1 is 1.45 bits per heavy atom. The van der Waals surface area contributed by atoms with Crippen LogP contribution in [0.2, 0.25) is 0 Å². The third kappa shape index (κ3) is 1.12. The smallest absolute Gasteiger partial charge is 0.0876 e. The van der Waals surface area contributed by atoms with Crippen molar-refractivity contribution in [2.75, 3.05) is 0 Å². The molecule has 0 spiro atoms. The minimum atomic E-state index is 1.01. The highest BCUT2D eigenvalue weighted by Crippen LogP contribution is 2.24. The lowest BCUT2D eigenvalue weighted by Crippen LogP contribution is -1.89. The molecule has 2 rings (SSSR count). The first-order valence-corrected chi connectivity index (χ1v) is 4.98. The van der Waals surface area contributed by atoms with Gasteiger partial charge in [0.05, 0.1) is 11.4 Å². The Morgan fingerprint density at radius 2 is 2.36 bits per heavy atom. The minimum Gasteiger partial charge on any atom is -0.281 e. The number of thiol groups is 1. The average Bonchev–Trinajstić information content (AvgIpc) is 2.50. The van der Waals surface area contributed by atoms with Crippen LogP contribution in [-0.2, 0) is 0 Å². The summed E-state index contributed by atoms with van der Waals surface area (Å²) in [6.07, 6.45) is 3.76. The van der Waals surface area contributed by atoms with E-state index in [1.807, 2.05) is 28.4 Å². The van der Waals surface area contributed by atoms with Crippen molar-refractivity contribution >= 4 is 22.6 Å². The van der Waals surface area contributed by atoms with E-state index in [0.29, 0.717) is 0 Å².